The molecular formula is C34H62Co-. The van der Waals surface area contributed by atoms with Crippen molar-refractivity contribution in [3.63, 3.8) is 0 Å². The van der Waals surface area contributed by atoms with Gasteiger partial charge in [-0.2, -0.15) is 22.8 Å². The van der Waals surface area contributed by atoms with Crippen molar-refractivity contribution in [1.82, 2.24) is 0 Å². The molecule has 3 atom stereocenters. The van der Waals surface area contributed by atoms with E-state index in [9.17, 15) is 0 Å². The fourth-order valence-corrected chi connectivity index (χ4v) is 5.50. The summed E-state index contributed by atoms with van der Waals surface area (Å²) in [6.45, 7) is 15.3. The fourth-order valence-electron chi connectivity index (χ4n) is 5.50. The zero-order valence-corrected chi connectivity index (χ0v) is 26.4. The molecule has 3 aliphatic rings. The van der Waals surface area contributed by atoms with Gasteiger partial charge in [0.1, 0.15) is 0 Å². The van der Waals surface area contributed by atoms with Gasteiger partial charge in [-0.1, -0.05) is 124 Å². The van der Waals surface area contributed by atoms with Crippen LogP contribution < -0.4 is 0 Å². The number of hydrogen-bond donors (Lipinski definition) is 0. The SMILES string of the molecule is C1=C\CC/C=C\CC/1.CC.CC.CC1CCC(C(C)C)C(c2cc[c-]3c2CCCC3)C1.[CH3-].[CH3-].[CH3-].[Co+3]. The van der Waals surface area contributed by atoms with Gasteiger partial charge in [0.05, 0.1) is 0 Å². The van der Waals surface area contributed by atoms with Crippen LogP contribution in [0.4, 0.5) is 0 Å². The Balaban J connectivity index is -0.000000259. The number of rotatable bonds is 2. The van der Waals surface area contributed by atoms with E-state index in [-0.39, 0.29) is 39.1 Å². The molecular weight excluding hydrogens is 467 g/mol. The summed E-state index contributed by atoms with van der Waals surface area (Å²) in [7, 11) is 0. The molecule has 1 fully saturated rings. The van der Waals surface area contributed by atoms with Gasteiger partial charge in [0.15, 0.2) is 0 Å². The molecule has 3 aliphatic carbocycles. The van der Waals surface area contributed by atoms with Crippen LogP contribution in [0.1, 0.15) is 129 Å². The van der Waals surface area contributed by atoms with Crippen molar-refractivity contribution < 1.29 is 16.8 Å². The molecule has 1 saturated carbocycles. The van der Waals surface area contributed by atoms with Crippen molar-refractivity contribution in [3.05, 3.63) is 75.4 Å². The van der Waals surface area contributed by atoms with Crippen LogP contribution in [0.15, 0.2) is 36.4 Å². The van der Waals surface area contributed by atoms with E-state index in [1.54, 1.807) is 16.7 Å². The summed E-state index contributed by atoms with van der Waals surface area (Å²) < 4.78 is 0. The standard InChI is InChI=1S/C19H29.C8H12.2C2H6.3CH3.Co/c1-13(2)16-10-8-14(3)12-19(16)18-11-9-15-6-4-5-7-17(15)18;1-2-4-6-8-7-5-3-1;2*1-2;;;;/h9,11,13-14,16,19H,4-8,10,12H2,1-3H3;1-2,7-8H,3-6H2;2*1-2H3;3*1H3;/q-1;;;;3*-1;+3/b;2-1-,8-7-;;;;;;. The first-order chi connectivity index (χ1) is 15.2. The van der Waals surface area contributed by atoms with Gasteiger partial charge in [0.2, 0.25) is 0 Å². The molecule has 1 aromatic rings. The van der Waals surface area contributed by atoms with Gasteiger partial charge in [-0.25, -0.2) is 6.07 Å². The summed E-state index contributed by atoms with van der Waals surface area (Å²) >= 11 is 0. The van der Waals surface area contributed by atoms with Crippen LogP contribution in [-0.2, 0) is 29.6 Å². The molecule has 1 aromatic carbocycles. The normalized spacial score (nSPS) is 23.8. The third-order valence-electron chi connectivity index (χ3n) is 7.08. The van der Waals surface area contributed by atoms with Gasteiger partial charge >= 0.3 is 16.8 Å². The quantitative estimate of drug-likeness (QED) is 0.264. The molecule has 208 valence electrons. The van der Waals surface area contributed by atoms with E-state index >= 15 is 0 Å². The molecule has 0 aliphatic heterocycles. The minimum Gasteiger partial charge on any atom is -0.358 e. The zero-order chi connectivity index (χ0) is 23.1. The van der Waals surface area contributed by atoms with Gasteiger partial charge in [-0.3, -0.25) is 0 Å². The van der Waals surface area contributed by atoms with Crippen LogP contribution in [-0.4, -0.2) is 0 Å². The van der Waals surface area contributed by atoms with E-state index in [0.29, 0.717) is 0 Å². The van der Waals surface area contributed by atoms with E-state index in [1.165, 1.54) is 70.6 Å². The average molecular weight is 530 g/mol. The second-order valence-corrected chi connectivity index (χ2v) is 9.53. The molecule has 4 rings (SSSR count). The average Bonchev–Trinajstić information content (AvgIpc) is 3.20. The van der Waals surface area contributed by atoms with Crippen molar-refractivity contribution in [2.45, 2.75) is 125 Å². The maximum absolute atomic E-state index is 2.49. The summed E-state index contributed by atoms with van der Waals surface area (Å²) in [5, 5.41) is 0. The van der Waals surface area contributed by atoms with Crippen molar-refractivity contribution in [2.75, 3.05) is 0 Å². The predicted octanol–water partition coefficient (Wildman–Crippen LogP) is 11.5. The summed E-state index contributed by atoms with van der Waals surface area (Å²) in [5.74, 6) is 3.54. The largest absolute Gasteiger partial charge is 3.00 e. The third kappa shape index (κ3) is 14.0. The van der Waals surface area contributed by atoms with Crippen LogP contribution in [0.5, 0.6) is 0 Å². The number of aryl methyl sites for hydroxylation is 1. The Bertz CT molecular complexity index is 593. The van der Waals surface area contributed by atoms with Crippen molar-refractivity contribution in [2.24, 2.45) is 17.8 Å². The van der Waals surface area contributed by atoms with Crippen molar-refractivity contribution in [1.29, 1.82) is 0 Å². The summed E-state index contributed by atoms with van der Waals surface area (Å²) in [6, 6.07) is 4.94. The Morgan fingerprint density at radius 1 is 0.800 bits per heavy atom. The van der Waals surface area contributed by atoms with Gasteiger partial charge in [-0.05, 0) is 43.4 Å². The second kappa shape index (κ2) is 25.0. The molecule has 35 heavy (non-hydrogen) atoms. The first kappa shape index (κ1) is 41.5. The molecule has 0 bridgehead atoms. The van der Waals surface area contributed by atoms with Crippen LogP contribution in [0, 0.1) is 40.0 Å². The summed E-state index contributed by atoms with van der Waals surface area (Å²) in [6.07, 6.45) is 23.8. The Kier molecular flexibility index (Phi) is 29.6. The minimum atomic E-state index is 0. The Hall–Kier alpha value is -0.664. The van der Waals surface area contributed by atoms with Crippen LogP contribution >= 0.6 is 0 Å². The molecule has 0 nitrogen and oxygen atoms in total. The fraction of sp³-hybridized carbons (Fsp3) is 0.647. The van der Waals surface area contributed by atoms with E-state index in [4.69, 9.17) is 0 Å². The number of fused-ring (bicyclic) bond motifs is 1. The Morgan fingerprint density at radius 2 is 1.31 bits per heavy atom. The van der Waals surface area contributed by atoms with Crippen LogP contribution in [0.3, 0.4) is 0 Å². The number of allylic oxidation sites excluding steroid dienone is 4. The molecule has 0 heterocycles. The maximum atomic E-state index is 2.49. The van der Waals surface area contributed by atoms with Crippen molar-refractivity contribution in [3.8, 4) is 0 Å². The minimum absolute atomic E-state index is 0. The molecule has 0 spiro atoms. The van der Waals surface area contributed by atoms with Gasteiger partial charge in [0.25, 0.3) is 0 Å². The van der Waals surface area contributed by atoms with E-state index in [2.05, 4.69) is 57.2 Å². The predicted molar refractivity (Wildman–Crippen MR) is 161 cm³/mol. The van der Waals surface area contributed by atoms with Crippen molar-refractivity contribution >= 4 is 0 Å². The van der Waals surface area contributed by atoms with E-state index in [1.807, 2.05) is 27.7 Å². The smallest absolute Gasteiger partial charge is 0.358 e. The molecule has 0 N–H and O–H groups in total. The monoisotopic (exact) mass is 529 g/mol. The van der Waals surface area contributed by atoms with Gasteiger partial charge in [-0.15, -0.1) is 0 Å². The van der Waals surface area contributed by atoms with Gasteiger partial charge in [0, 0.05) is 0 Å². The third-order valence-corrected chi connectivity index (χ3v) is 7.08. The number of hydrogen-bond acceptors (Lipinski definition) is 0. The van der Waals surface area contributed by atoms with Crippen LogP contribution in [0.25, 0.3) is 0 Å². The van der Waals surface area contributed by atoms with Crippen LogP contribution in [0.2, 0.25) is 0 Å². The zero-order valence-electron chi connectivity index (χ0n) is 25.4. The Morgan fingerprint density at radius 3 is 1.80 bits per heavy atom. The second-order valence-electron chi connectivity index (χ2n) is 9.53. The molecule has 1 heteroatoms. The topological polar surface area (TPSA) is 0 Å². The first-order valence-corrected chi connectivity index (χ1v) is 13.7. The van der Waals surface area contributed by atoms with Gasteiger partial charge < -0.3 is 22.3 Å². The summed E-state index contributed by atoms with van der Waals surface area (Å²) in [5.41, 5.74) is 5.19. The van der Waals surface area contributed by atoms with E-state index < -0.39 is 0 Å². The molecule has 0 radical (unpaired) electrons. The molecule has 0 saturated heterocycles. The maximum Gasteiger partial charge on any atom is 3.00 e. The molecule has 3 unspecified atom stereocenters. The molecule has 0 amide bonds. The first-order valence-electron chi connectivity index (χ1n) is 13.7. The molecule has 0 aromatic heterocycles. The summed E-state index contributed by atoms with van der Waals surface area (Å²) in [4.78, 5) is 0. The van der Waals surface area contributed by atoms with E-state index in [0.717, 1.165) is 23.7 Å². The Labute approximate surface area is 234 Å².